The van der Waals surface area contributed by atoms with Crippen molar-refractivity contribution in [3.8, 4) is 0 Å². The van der Waals surface area contributed by atoms with E-state index in [1.54, 1.807) is 11.3 Å². The third-order valence-corrected chi connectivity index (χ3v) is 7.98. The summed E-state index contributed by atoms with van der Waals surface area (Å²) in [6, 6.07) is 2.11. The van der Waals surface area contributed by atoms with Gasteiger partial charge in [0.25, 0.3) is 5.91 Å². The van der Waals surface area contributed by atoms with E-state index >= 15 is 0 Å². The lowest BCUT2D eigenvalue weighted by atomic mass is 9.53. The summed E-state index contributed by atoms with van der Waals surface area (Å²) >= 11 is 1.67. The van der Waals surface area contributed by atoms with Crippen molar-refractivity contribution in [3.05, 3.63) is 34.2 Å². The average Bonchev–Trinajstić information content (AvgIpc) is 3.21. The van der Waals surface area contributed by atoms with Gasteiger partial charge in [-0.15, -0.1) is 0 Å². The lowest BCUT2D eigenvalue weighted by molar-refractivity contribution is -0.150. The normalized spacial score (nSPS) is 37.8. The zero-order valence-corrected chi connectivity index (χ0v) is 17.7. The molecule has 0 unspecified atom stereocenters. The molecule has 1 aromatic heterocycles. The molecule has 5 nitrogen and oxygen atoms in total. The van der Waals surface area contributed by atoms with Crippen molar-refractivity contribution in [2.45, 2.75) is 69.1 Å². The molecule has 6 rings (SSSR count). The van der Waals surface area contributed by atoms with E-state index in [1.807, 2.05) is 6.08 Å². The Morgan fingerprint density at radius 3 is 2.55 bits per heavy atom. The van der Waals surface area contributed by atoms with E-state index < -0.39 is 6.29 Å². The van der Waals surface area contributed by atoms with Crippen LogP contribution in [0.2, 0.25) is 0 Å². The summed E-state index contributed by atoms with van der Waals surface area (Å²) in [6.45, 7) is 0.525. The molecule has 0 spiro atoms. The van der Waals surface area contributed by atoms with E-state index in [0.717, 1.165) is 37.0 Å². The van der Waals surface area contributed by atoms with Gasteiger partial charge in [-0.25, -0.2) is 0 Å². The first-order valence-corrected chi connectivity index (χ1v) is 12.0. The highest BCUT2D eigenvalue weighted by atomic mass is 32.1. The standard InChI is InChI=1S/C23H31NO4S/c25-3-1-4-27-21-10-19(18-2-5-29-14-18)9-20(28-21)22(26)24-23-11-15-6-16(12-23)8-17(7-15)13-23/h2,5,9,14-17,19,21,25H,1,3-4,6-8,10-13H2,(H,24,26)/t15?,16?,17?,19-,21+,23?/m1/s1. The van der Waals surface area contributed by atoms with Gasteiger partial charge in [0.1, 0.15) is 0 Å². The molecule has 1 aliphatic heterocycles. The van der Waals surface area contributed by atoms with E-state index in [-0.39, 0.29) is 24.0 Å². The number of carbonyl (C=O) groups excluding carboxylic acids is 1. The van der Waals surface area contributed by atoms with Crippen LogP contribution in [0.5, 0.6) is 0 Å². The van der Waals surface area contributed by atoms with Crippen LogP contribution in [0.4, 0.5) is 0 Å². The average molecular weight is 418 g/mol. The summed E-state index contributed by atoms with van der Waals surface area (Å²) in [5.41, 5.74) is 1.17. The van der Waals surface area contributed by atoms with Crippen molar-refractivity contribution in [1.29, 1.82) is 0 Å². The monoisotopic (exact) mass is 417 g/mol. The molecule has 4 aliphatic carbocycles. The molecule has 158 valence electrons. The summed E-state index contributed by atoms with van der Waals surface area (Å²) in [5, 5.41) is 16.7. The maximum Gasteiger partial charge on any atom is 0.286 e. The minimum absolute atomic E-state index is 0.0292. The van der Waals surface area contributed by atoms with Gasteiger partial charge < -0.3 is 19.9 Å². The Balaban J connectivity index is 1.31. The Kier molecular flexibility index (Phi) is 5.43. The van der Waals surface area contributed by atoms with Crippen LogP contribution in [0.25, 0.3) is 0 Å². The zero-order chi connectivity index (χ0) is 19.8. The summed E-state index contributed by atoms with van der Waals surface area (Å²) in [5.74, 6) is 2.80. The Morgan fingerprint density at radius 2 is 1.93 bits per heavy atom. The lowest BCUT2D eigenvalue weighted by Crippen LogP contribution is -2.60. The highest BCUT2D eigenvalue weighted by Crippen LogP contribution is 2.55. The van der Waals surface area contributed by atoms with Crippen molar-refractivity contribution in [2.75, 3.05) is 13.2 Å². The number of rotatable bonds is 7. The van der Waals surface area contributed by atoms with Gasteiger partial charge in [0.15, 0.2) is 5.76 Å². The second kappa shape index (κ2) is 8.05. The van der Waals surface area contributed by atoms with Crippen LogP contribution >= 0.6 is 11.3 Å². The van der Waals surface area contributed by atoms with Crippen molar-refractivity contribution in [1.82, 2.24) is 5.32 Å². The van der Waals surface area contributed by atoms with E-state index in [0.29, 0.717) is 25.2 Å². The smallest absolute Gasteiger partial charge is 0.286 e. The second-order valence-corrected chi connectivity index (χ2v) is 10.4. The first-order valence-electron chi connectivity index (χ1n) is 11.1. The van der Waals surface area contributed by atoms with Gasteiger partial charge in [-0.05, 0) is 91.2 Å². The van der Waals surface area contributed by atoms with Crippen LogP contribution in [-0.4, -0.2) is 36.1 Å². The molecule has 6 heteroatoms. The summed E-state index contributed by atoms with van der Waals surface area (Å²) in [7, 11) is 0. The molecule has 4 bridgehead atoms. The summed E-state index contributed by atoms with van der Waals surface area (Å²) in [4.78, 5) is 13.3. The van der Waals surface area contributed by atoms with Crippen LogP contribution < -0.4 is 5.32 Å². The number of ether oxygens (including phenoxy) is 2. The van der Waals surface area contributed by atoms with Crippen LogP contribution in [-0.2, 0) is 14.3 Å². The molecule has 4 saturated carbocycles. The third-order valence-electron chi connectivity index (χ3n) is 7.28. The fourth-order valence-corrected chi connectivity index (χ4v) is 7.21. The van der Waals surface area contributed by atoms with E-state index in [2.05, 4.69) is 22.1 Å². The first kappa shape index (κ1) is 19.6. The molecule has 2 atom stereocenters. The lowest BCUT2D eigenvalue weighted by Gasteiger charge is -2.56. The number of thiophene rings is 1. The maximum absolute atomic E-state index is 13.3. The summed E-state index contributed by atoms with van der Waals surface area (Å²) < 4.78 is 11.8. The number of hydrogen-bond acceptors (Lipinski definition) is 5. The van der Waals surface area contributed by atoms with Gasteiger partial charge in [-0.3, -0.25) is 4.79 Å². The van der Waals surface area contributed by atoms with Crippen LogP contribution in [0.3, 0.4) is 0 Å². The molecule has 5 aliphatic rings. The van der Waals surface area contributed by atoms with E-state index in [1.165, 1.54) is 24.8 Å². The van der Waals surface area contributed by atoms with Gasteiger partial charge in [-0.1, -0.05) is 0 Å². The second-order valence-electron chi connectivity index (χ2n) is 9.58. The van der Waals surface area contributed by atoms with Crippen LogP contribution in [0.1, 0.15) is 62.8 Å². The molecule has 2 heterocycles. The topological polar surface area (TPSA) is 67.8 Å². The molecule has 1 amide bonds. The Hall–Kier alpha value is -1.37. The number of nitrogens with one attached hydrogen (secondary N) is 1. The van der Waals surface area contributed by atoms with E-state index in [4.69, 9.17) is 14.6 Å². The van der Waals surface area contributed by atoms with Gasteiger partial charge in [0, 0.05) is 24.5 Å². The highest BCUT2D eigenvalue weighted by molar-refractivity contribution is 7.08. The van der Waals surface area contributed by atoms with Gasteiger partial charge >= 0.3 is 0 Å². The molecule has 4 fully saturated rings. The molecule has 0 saturated heterocycles. The number of allylic oxidation sites excluding steroid dienone is 1. The van der Waals surface area contributed by atoms with Crippen LogP contribution in [0, 0.1) is 17.8 Å². The van der Waals surface area contributed by atoms with Crippen molar-refractivity contribution >= 4 is 17.2 Å². The number of amides is 1. The highest BCUT2D eigenvalue weighted by Gasteiger charge is 2.52. The van der Waals surface area contributed by atoms with Gasteiger partial charge in [0.2, 0.25) is 6.29 Å². The SMILES string of the molecule is O=C(NC12CC3CC(CC(C3)C1)C2)C1=C[C@@H](c2ccsc2)C[C@@H](OCCCO)O1. The van der Waals surface area contributed by atoms with Crippen molar-refractivity contribution < 1.29 is 19.4 Å². The number of carbonyl (C=O) groups is 1. The number of hydrogen-bond donors (Lipinski definition) is 2. The van der Waals surface area contributed by atoms with Crippen molar-refractivity contribution in [3.63, 3.8) is 0 Å². The predicted molar refractivity (Wildman–Crippen MR) is 111 cm³/mol. The first-order chi connectivity index (χ1) is 14.1. The van der Waals surface area contributed by atoms with E-state index in [9.17, 15) is 4.79 Å². The molecule has 0 radical (unpaired) electrons. The molecular formula is C23H31NO4S. The molecule has 29 heavy (non-hydrogen) atoms. The Bertz CT molecular complexity index is 724. The largest absolute Gasteiger partial charge is 0.459 e. The molecule has 1 aromatic rings. The Morgan fingerprint density at radius 1 is 1.21 bits per heavy atom. The minimum atomic E-state index is -0.450. The molecule has 0 aromatic carbocycles. The predicted octanol–water partition coefficient (Wildman–Crippen LogP) is 3.95. The van der Waals surface area contributed by atoms with Crippen molar-refractivity contribution in [2.24, 2.45) is 17.8 Å². The fourth-order valence-electron chi connectivity index (χ4n) is 6.48. The Labute approximate surface area is 176 Å². The van der Waals surface area contributed by atoms with Gasteiger partial charge in [0.05, 0.1) is 6.61 Å². The number of aliphatic hydroxyl groups is 1. The summed E-state index contributed by atoms with van der Waals surface area (Å²) in [6.07, 6.45) is 10.2. The maximum atomic E-state index is 13.3. The van der Waals surface area contributed by atoms with Crippen LogP contribution in [0.15, 0.2) is 28.7 Å². The minimum Gasteiger partial charge on any atom is -0.459 e. The molecular weight excluding hydrogens is 386 g/mol. The fraction of sp³-hybridized carbons (Fsp3) is 0.696. The zero-order valence-electron chi connectivity index (χ0n) is 16.8. The number of aliphatic hydroxyl groups excluding tert-OH is 1. The van der Waals surface area contributed by atoms with Gasteiger partial charge in [-0.2, -0.15) is 11.3 Å². The quantitative estimate of drug-likeness (QED) is 0.660. The third kappa shape index (κ3) is 4.12. The molecule has 2 N–H and O–H groups in total.